The number of benzene rings is 1. The van der Waals surface area contributed by atoms with Gasteiger partial charge in [0.25, 0.3) is 0 Å². The molecule has 0 aliphatic heterocycles. The van der Waals surface area contributed by atoms with Gasteiger partial charge in [-0.25, -0.2) is 19.3 Å². The predicted octanol–water partition coefficient (Wildman–Crippen LogP) is 6.40. The van der Waals surface area contributed by atoms with E-state index in [1.165, 1.54) is 63.5 Å². The number of imidazole rings is 1. The van der Waals surface area contributed by atoms with E-state index in [2.05, 4.69) is 14.9 Å². The normalized spacial score (nSPS) is 18.2. The SMILES string of the molecule is Fc1ccc(-c2ncn(C3CCCCC3)c2-c2ccnc(NC3CCCCC3)n2)cc1. The number of nitrogens with one attached hydrogen (secondary N) is 1. The van der Waals surface area contributed by atoms with E-state index >= 15 is 0 Å². The van der Waals surface area contributed by atoms with Gasteiger partial charge in [0.2, 0.25) is 5.95 Å². The monoisotopic (exact) mass is 419 g/mol. The minimum Gasteiger partial charge on any atom is -0.351 e. The Morgan fingerprint density at radius 3 is 2.29 bits per heavy atom. The van der Waals surface area contributed by atoms with Gasteiger partial charge in [-0.2, -0.15) is 0 Å². The van der Waals surface area contributed by atoms with Crippen molar-refractivity contribution in [2.45, 2.75) is 76.3 Å². The number of rotatable bonds is 5. The molecular formula is C25H30FN5. The van der Waals surface area contributed by atoms with Gasteiger partial charge in [-0.1, -0.05) is 38.5 Å². The summed E-state index contributed by atoms with van der Waals surface area (Å²) in [4.78, 5) is 14.2. The molecule has 162 valence electrons. The summed E-state index contributed by atoms with van der Waals surface area (Å²) in [5.74, 6) is 0.448. The quantitative estimate of drug-likeness (QED) is 0.520. The molecular weight excluding hydrogens is 389 g/mol. The van der Waals surface area contributed by atoms with Crippen molar-refractivity contribution in [1.82, 2.24) is 19.5 Å². The topological polar surface area (TPSA) is 55.6 Å². The minimum absolute atomic E-state index is 0.238. The number of anilines is 1. The van der Waals surface area contributed by atoms with E-state index in [4.69, 9.17) is 9.97 Å². The molecule has 0 saturated heterocycles. The first-order valence-corrected chi connectivity index (χ1v) is 11.7. The van der Waals surface area contributed by atoms with Gasteiger partial charge in [0.1, 0.15) is 5.82 Å². The van der Waals surface area contributed by atoms with Crippen molar-refractivity contribution in [1.29, 1.82) is 0 Å². The Bertz CT molecular complexity index is 1000. The van der Waals surface area contributed by atoms with Crippen LogP contribution in [0.4, 0.5) is 10.3 Å². The zero-order chi connectivity index (χ0) is 21.0. The highest BCUT2D eigenvalue weighted by Crippen LogP contribution is 2.37. The van der Waals surface area contributed by atoms with Crippen LogP contribution in [0.2, 0.25) is 0 Å². The molecule has 0 spiro atoms. The third-order valence-corrected chi connectivity index (χ3v) is 6.72. The third kappa shape index (κ3) is 4.48. The Morgan fingerprint density at radius 1 is 0.839 bits per heavy atom. The van der Waals surface area contributed by atoms with Crippen LogP contribution in [0.5, 0.6) is 0 Å². The van der Waals surface area contributed by atoms with Gasteiger partial charge < -0.3 is 9.88 Å². The molecule has 2 aromatic heterocycles. The molecule has 2 aliphatic rings. The molecule has 0 unspecified atom stereocenters. The lowest BCUT2D eigenvalue weighted by molar-refractivity contribution is 0.355. The molecule has 0 bridgehead atoms. The van der Waals surface area contributed by atoms with Crippen LogP contribution in [-0.4, -0.2) is 25.6 Å². The van der Waals surface area contributed by atoms with Gasteiger partial charge in [0.05, 0.1) is 23.4 Å². The van der Waals surface area contributed by atoms with Crippen molar-refractivity contribution in [3.8, 4) is 22.6 Å². The van der Waals surface area contributed by atoms with E-state index in [0.717, 1.165) is 35.5 Å². The van der Waals surface area contributed by atoms with Gasteiger partial charge in [-0.15, -0.1) is 0 Å². The van der Waals surface area contributed by atoms with Crippen LogP contribution >= 0.6 is 0 Å². The molecule has 2 aliphatic carbocycles. The smallest absolute Gasteiger partial charge is 0.223 e. The van der Waals surface area contributed by atoms with Gasteiger partial charge >= 0.3 is 0 Å². The summed E-state index contributed by atoms with van der Waals surface area (Å²) < 4.78 is 15.8. The summed E-state index contributed by atoms with van der Waals surface area (Å²) in [6, 6.07) is 9.43. The van der Waals surface area contributed by atoms with Gasteiger partial charge in [0.15, 0.2) is 0 Å². The minimum atomic E-state index is -0.238. The molecule has 5 rings (SSSR count). The van der Waals surface area contributed by atoms with Crippen molar-refractivity contribution in [2.75, 3.05) is 5.32 Å². The molecule has 0 atom stereocenters. The zero-order valence-electron chi connectivity index (χ0n) is 17.9. The van der Waals surface area contributed by atoms with Crippen LogP contribution in [0.25, 0.3) is 22.6 Å². The standard InChI is InChI=1S/C25H30FN5/c26-19-13-11-18(12-14-19)23-24(31(17-28-23)21-9-5-2-6-10-21)22-15-16-27-25(30-22)29-20-7-3-1-4-8-20/h11-17,20-21H,1-10H2,(H,27,29,30). The van der Waals surface area contributed by atoms with Crippen molar-refractivity contribution >= 4 is 5.95 Å². The van der Waals surface area contributed by atoms with Crippen molar-refractivity contribution in [3.63, 3.8) is 0 Å². The molecule has 3 aromatic rings. The average molecular weight is 420 g/mol. The van der Waals surface area contributed by atoms with Gasteiger partial charge in [0, 0.05) is 23.8 Å². The molecule has 1 N–H and O–H groups in total. The zero-order valence-corrected chi connectivity index (χ0v) is 17.9. The van der Waals surface area contributed by atoms with Crippen LogP contribution in [0, 0.1) is 5.82 Å². The first-order valence-electron chi connectivity index (χ1n) is 11.7. The molecule has 2 fully saturated rings. The van der Waals surface area contributed by atoms with E-state index in [9.17, 15) is 4.39 Å². The largest absolute Gasteiger partial charge is 0.351 e. The maximum absolute atomic E-state index is 13.5. The lowest BCUT2D eigenvalue weighted by Crippen LogP contribution is -2.23. The highest BCUT2D eigenvalue weighted by atomic mass is 19.1. The fourth-order valence-corrected chi connectivity index (χ4v) is 5.06. The second kappa shape index (κ2) is 9.16. The molecule has 0 amide bonds. The number of aromatic nitrogens is 4. The Hall–Kier alpha value is -2.76. The summed E-state index contributed by atoms with van der Waals surface area (Å²) in [5.41, 5.74) is 3.64. The molecule has 0 radical (unpaired) electrons. The number of halogens is 1. The molecule has 2 heterocycles. The van der Waals surface area contributed by atoms with E-state index in [-0.39, 0.29) is 5.82 Å². The van der Waals surface area contributed by atoms with E-state index in [1.54, 1.807) is 12.1 Å². The molecule has 2 saturated carbocycles. The van der Waals surface area contributed by atoms with Crippen LogP contribution < -0.4 is 5.32 Å². The van der Waals surface area contributed by atoms with Gasteiger partial charge in [-0.3, -0.25) is 0 Å². The first-order chi connectivity index (χ1) is 15.3. The second-order valence-corrected chi connectivity index (χ2v) is 8.89. The van der Waals surface area contributed by atoms with Gasteiger partial charge in [-0.05, 0) is 56.0 Å². The number of nitrogens with zero attached hydrogens (tertiary/aromatic N) is 4. The fraction of sp³-hybridized carbons (Fsp3) is 0.480. The van der Waals surface area contributed by atoms with Crippen molar-refractivity contribution < 1.29 is 4.39 Å². The lowest BCUT2D eigenvalue weighted by atomic mass is 9.95. The summed E-state index contributed by atoms with van der Waals surface area (Å²) in [7, 11) is 0. The Balaban J connectivity index is 1.53. The highest BCUT2D eigenvalue weighted by Gasteiger charge is 2.24. The van der Waals surface area contributed by atoms with E-state index in [0.29, 0.717) is 18.0 Å². The van der Waals surface area contributed by atoms with E-state index in [1.807, 2.05) is 18.6 Å². The highest BCUT2D eigenvalue weighted by molar-refractivity contribution is 5.77. The molecule has 31 heavy (non-hydrogen) atoms. The van der Waals surface area contributed by atoms with Crippen molar-refractivity contribution in [2.24, 2.45) is 0 Å². The van der Waals surface area contributed by atoms with Crippen LogP contribution in [0.3, 0.4) is 0 Å². The third-order valence-electron chi connectivity index (χ3n) is 6.72. The van der Waals surface area contributed by atoms with Crippen molar-refractivity contribution in [3.05, 3.63) is 48.7 Å². The Morgan fingerprint density at radius 2 is 1.55 bits per heavy atom. The summed E-state index contributed by atoms with van der Waals surface area (Å²) in [6.07, 6.45) is 16.1. The Labute approximate surface area is 183 Å². The maximum Gasteiger partial charge on any atom is 0.223 e. The molecule has 1 aromatic carbocycles. The van der Waals surface area contributed by atoms with Crippen LogP contribution in [0.15, 0.2) is 42.9 Å². The van der Waals surface area contributed by atoms with Crippen LogP contribution in [0.1, 0.15) is 70.3 Å². The second-order valence-electron chi connectivity index (χ2n) is 8.89. The number of hydrogen-bond donors (Lipinski definition) is 1. The maximum atomic E-state index is 13.5. The lowest BCUT2D eigenvalue weighted by Gasteiger charge is -2.25. The Kier molecular flexibility index (Phi) is 5.96. The summed E-state index contributed by atoms with van der Waals surface area (Å²) >= 11 is 0. The average Bonchev–Trinajstić information content (AvgIpc) is 3.26. The summed E-state index contributed by atoms with van der Waals surface area (Å²) in [6.45, 7) is 0. The molecule has 6 heteroatoms. The summed E-state index contributed by atoms with van der Waals surface area (Å²) in [5, 5.41) is 3.55. The fourth-order valence-electron chi connectivity index (χ4n) is 5.06. The molecule has 5 nitrogen and oxygen atoms in total. The first kappa shape index (κ1) is 20.2. The van der Waals surface area contributed by atoms with E-state index < -0.39 is 0 Å². The van der Waals surface area contributed by atoms with Crippen LogP contribution in [-0.2, 0) is 0 Å². The number of hydrogen-bond acceptors (Lipinski definition) is 4. The predicted molar refractivity (Wildman–Crippen MR) is 121 cm³/mol.